The van der Waals surface area contributed by atoms with E-state index in [1.165, 1.54) is 21.3 Å². The molecule has 9 heteroatoms. The number of aromatic nitrogens is 2. The third kappa shape index (κ3) is 3.88. The molecule has 2 amide bonds. The van der Waals surface area contributed by atoms with Crippen LogP contribution in [0.2, 0.25) is 0 Å². The largest absolute Gasteiger partial charge is 0.493 e. The molecular formula is C21H22N4O4S. The summed E-state index contributed by atoms with van der Waals surface area (Å²) in [6.45, 7) is 0.949. The quantitative estimate of drug-likeness (QED) is 0.610. The second kappa shape index (κ2) is 8.58. The number of ether oxygens (including phenoxy) is 3. The van der Waals surface area contributed by atoms with E-state index in [1.54, 1.807) is 23.9 Å². The van der Waals surface area contributed by atoms with Crippen molar-refractivity contribution in [1.29, 1.82) is 0 Å². The maximum atomic E-state index is 12.7. The number of benzene rings is 2. The van der Waals surface area contributed by atoms with Crippen LogP contribution in [0.4, 0.5) is 16.2 Å². The van der Waals surface area contributed by atoms with Crippen LogP contribution in [0.3, 0.4) is 0 Å². The number of nitrogens with one attached hydrogen (secondary N) is 2. The molecule has 0 saturated carbocycles. The molecule has 1 aliphatic rings. The highest BCUT2D eigenvalue weighted by atomic mass is 32.2. The average Bonchev–Trinajstić information content (AvgIpc) is 3.35. The second-order valence-corrected chi connectivity index (χ2v) is 7.55. The summed E-state index contributed by atoms with van der Waals surface area (Å²) in [7, 11) is 4.58. The van der Waals surface area contributed by atoms with Gasteiger partial charge < -0.3 is 29.4 Å². The number of imidazole rings is 1. The topological polar surface area (TPSA) is 86.6 Å². The summed E-state index contributed by atoms with van der Waals surface area (Å²) in [5.41, 5.74) is 2.88. The van der Waals surface area contributed by atoms with E-state index in [2.05, 4.69) is 20.2 Å². The van der Waals surface area contributed by atoms with Gasteiger partial charge in [0.2, 0.25) is 5.75 Å². The van der Waals surface area contributed by atoms with Gasteiger partial charge in [-0.15, -0.1) is 0 Å². The minimum Gasteiger partial charge on any atom is -0.493 e. The van der Waals surface area contributed by atoms with Crippen molar-refractivity contribution in [2.24, 2.45) is 0 Å². The number of para-hydroxylation sites is 1. The minimum atomic E-state index is -0.391. The van der Waals surface area contributed by atoms with E-state index < -0.39 is 6.03 Å². The Morgan fingerprint density at radius 3 is 2.47 bits per heavy atom. The molecule has 0 saturated heterocycles. The summed E-state index contributed by atoms with van der Waals surface area (Å²) in [5.74, 6) is 2.41. The third-order valence-corrected chi connectivity index (χ3v) is 5.65. The Hall–Kier alpha value is -3.33. The Balaban J connectivity index is 1.55. The lowest BCUT2D eigenvalue weighted by Gasteiger charge is -2.15. The number of carbonyl (C=O) groups is 1. The molecule has 1 aliphatic heterocycles. The van der Waals surface area contributed by atoms with Gasteiger partial charge >= 0.3 is 6.03 Å². The second-order valence-electron chi connectivity index (χ2n) is 6.49. The number of carbonyl (C=O) groups excluding carboxylic acids is 1. The van der Waals surface area contributed by atoms with Crippen LogP contribution in [0.1, 0.15) is 0 Å². The molecule has 0 bridgehead atoms. The fraction of sp³-hybridized carbons (Fsp3) is 0.238. The fourth-order valence-corrected chi connectivity index (χ4v) is 4.24. The van der Waals surface area contributed by atoms with Gasteiger partial charge in [-0.3, -0.25) is 0 Å². The molecule has 30 heavy (non-hydrogen) atoms. The number of methoxy groups -OCH3 is 3. The van der Waals surface area contributed by atoms with E-state index >= 15 is 0 Å². The van der Waals surface area contributed by atoms with Crippen LogP contribution < -0.4 is 24.8 Å². The van der Waals surface area contributed by atoms with Crippen LogP contribution in [-0.4, -0.2) is 42.7 Å². The molecule has 2 aromatic carbocycles. The monoisotopic (exact) mass is 426 g/mol. The van der Waals surface area contributed by atoms with E-state index in [-0.39, 0.29) is 0 Å². The number of nitrogens with zero attached hydrogens (tertiary/aromatic N) is 2. The van der Waals surface area contributed by atoms with Crippen LogP contribution in [0.5, 0.6) is 17.2 Å². The number of thioether (sulfide) groups is 1. The lowest BCUT2D eigenvalue weighted by atomic mass is 10.1. The Kier molecular flexibility index (Phi) is 5.71. The fourth-order valence-electron chi connectivity index (χ4n) is 3.29. The Bertz CT molecular complexity index is 1040. The zero-order chi connectivity index (χ0) is 21.1. The Labute approximate surface area is 178 Å². The van der Waals surface area contributed by atoms with Gasteiger partial charge in [0.05, 0.1) is 38.4 Å². The summed E-state index contributed by atoms with van der Waals surface area (Å²) in [6.07, 6.45) is 2.02. The standard InChI is InChI=1S/C21H22N4O4S/c1-27-17-10-13(11-18(28-2)19(17)29-3)22-20(26)23-15-7-5-4-6-14(15)16-12-25-8-9-30-21(25)24-16/h4-7,10-12H,8-9H2,1-3H3,(H2,22,23,26). The van der Waals surface area contributed by atoms with Crippen molar-refractivity contribution in [2.75, 3.05) is 37.7 Å². The van der Waals surface area contributed by atoms with Crippen molar-refractivity contribution < 1.29 is 19.0 Å². The van der Waals surface area contributed by atoms with E-state index in [0.717, 1.165) is 28.7 Å². The molecule has 0 fully saturated rings. The number of fused-ring (bicyclic) bond motifs is 1. The molecule has 0 radical (unpaired) electrons. The van der Waals surface area contributed by atoms with Crippen molar-refractivity contribution in [3.63, 3.8) is 0 Å². The zero-order valence-corrected chi connectivity index (χ0v) is 17.7. The van der Waals surface area contributed by atoms with Gasteiger partial charge in [-0.2, -0.15) is 0 Å². The van der Waals surface area contributed by atoms with E-state index in [9.17, 15) is 4.79 Å². The molecular weight excluding hydrogens is 404 g/mol. The first-order valence-corrected chi connectivity index (χ1v) is 10.3. The number of hydrogen-bond acceptors (Lipinski definition) is 6. The van der Waals surface area contributed by atoms with Gasteiger partial charge in [-0.1, -0.05) is 30.0 Å². The van der Waals surface area contributed by atoms with Crippen molar-refractivity contribution in [3.05, 3.63) is 42.6 Å². The van der Waals surface area contributed by atoms with Gasteiger partial charge in [-0.05, 0) is 6.07 Å². The third-order valence-electron chi connectivity index (χ3n) is 4.68. The number of hydrogen-bond donors (Lipinski definition) is 2. The summed E-state index contributed by atoms with van der Waals surface area (Å²) in [4.78, 5) is 17.4. The number of rotatable bonds is 6. The highest BCUT2D eigenvalue weighted by Gasteiger charge is 2.18. The van der Waals surface area contributed by atoms with Gasteiger partial charge in [-0.25, -0.2) is 9.78 Å². The summed E-state index contributed by atoms with van der Waals surface area (Å²) in [6, 6.07) is 10.5. The first-order valence-electron chi connectivity index (χ1n) is 9.30. The van der Waals surface area contributed by atoms with Gasteiger partial charge in [0.1, 0.15) is 0 Å². The summed E-state index contributed by atoms with van der Waals surface area (Å²) >= 11 is 1.73. The van der Waals surface area contributed by atoms with Crippen LogP contribution >= 0.6 is 11.8 Å². The van der Waals surface area contributed by atoms with E-state index in [4.69, 9.17) is 14.2 Å². The Morgan fingerprint density at radius 1 is 1.07 bits per heavy atom. The molecule has 1 aromatic heterocycles. The van der Waals surface area contributed by atoms with E-state index in [0.29, 0.717) is 28.6 Å². The van der Waals surface area contributed by atoms with Crippen molar-refractivity contribution in [2.45, 2.75) is 11.7 Å². The normalized spacial score (nSPS) is 12.2. The molecule has 3 aromatic rings. The smallest absolute Gasteiger partial charge is 0.323 e. The molecule has 8 nitrogen and oxygen atoms in total. The molecule has 156 valence electrons. The number of amides is 2. The molecule has 0 unspecified atom stereocenters. The molecule has 4 rings (SSSR count). The predicted molar refractivity (Wildman–Crippen MR) is 117 cm³/mol. The van der Waals surface area contributed by atoms with Gasteiger partial charge in [0.15, 0.2) is 16.7 Å². The van der Waals surface area contributed by atoms with Crippen molar-refractivity contribution >= 4 is 29.2 Å². The minimum absolute atomic E-state index is 0.391. The van der Waals surface area contributed by atoms with Crippen molar-refractivity contribution in [3.8, 4) is 28.5 Å². The summed E-state index contributed by atoms with van der Waals surface area (Å²) < 4.78 is 18.1. The molecule has 2 N–H and O–H groups in total. The highest BCUT2D eigenvalue weighted by Crippen LogP contribution is 2.40. The van der Waals surface area contributed by atoms with Crippen LogP contribution in [0.15, 0.2) is 47.8 Å². The lowest BCUT2D eigenvalue weighted by Crippen LogP contribution is -2.20. The molecule has 0 atom stereocenters. The number of aryl methyl sites for hydroxylation is 1. The van der Waals surface area contributed by atoms with Gasteiger partial charge in [0, 0.05) is 36.2 Å². The molecule has 2 heterocycles. The Morgan fingerprint density at radius 2 is 1.80 bits per heavy atom. The maximum absolute atomic E-state index is 12.7. The molecule has 0 aliphatic carbocycles. The van der Waals surface area contributed by atoms with Crippen LogP contribution in [-0.2, 0) is 6.54 Å². The predicted octanol–water partition coefficient (Wildman–Crippen LogP) is 4.33. The van der Waals surface area contributed by atoms with Crippen molar-refractivity contribution in [1.82, 2.24) is 9.55 Å². The highest BCUT2D eigenvalue weighted by molar-refractivity contribution is 7.99. The van der Waals surface area contributed by atoms with Crippen LogP contribution in [0, 0.1) is 0 Å². The zero-order valence-electron chi connectivity index (χ0n) is 16.9. The lowest BCUT2D eigenvalue weighted by molar-refractivity contribution is 0.262. The van der Waals surface area contributed by atoms with Crippen LogP contribution in [0.25, 0.3) is 11.3 Å². The first-order chi connectivity index (χ1) is 14.6. The molecule has 0 spiro atoms. The maximum Gasteiger partial charge on any atom is 0.323 e. The first kappa shape index (κ1) is 20.0. The van der Waals surface area contributed by atoms with Gasteiger partial charge in [0.25, 0.3) is 0 Å². The number of anilines is 2. The summed E-state index contributed by atoms with van der Waals surface area (Å²) in [5, 5.41) is 6.72. The van der Waals surface area contributed by atoms with E-state index in [1.807, 2.05) is 30.5 Å². The number of urea groups is 1. The average molecular weight is 426 g/mol. The SMILES string of the molecule is COc1cc(NC(=O)Nc2ccccc2-c2cn3c(n2)SCC3)cc(OC)c1OC.